The van der Waals surface area contributed by atoms with Crippen molar-refractivity contribution in [2.24, 2.45) is 23.0 Å². The minimum absolute atomic E-state index is 0.0154. The molecule has 0 aliphatic carbocycles. The zero-order valence-electron chi connectivity index (χ0n) is 12.7. The van der Waals surface area contributed by atoms with Crippen LogP contribution in [0.25, 0.3) is 0 Å². The summed E-state index contributed by atoms with van der Waals surface area (Å²) < 4.78 is 0. The van der Waals surface area contributed by atoms with E-state index in [0.29, 0.717) is 6.42 Å². The quantitative estimate of drug-likeness (QED) is 0.656. The summed E-state index contributed by atoms with van der Waals surface area (Å²) in [5.41, 5.74) is 5.67. The number of nitrogens with one attached hydrogen (secondary N) is 1. The van der Waals surface area contributed by atoms with Gasteiger partial charge in [-0.1, -0.05) is 34.6 Å². The van der Waals surface area contributed by atoms with E-state index in [0.717, 1.165) is 0 Å². The lowest BCUT2D eigenvalue weighted by atomic mass is 9.84. The average molecular weight is 272 g/mol. The van der Waals surface area contributed by atoms with Crippen LogP contribution in [-0.4, -0.2) is 29.6 Å². The van der Waals surface area contributed by atoms with Crippen molar-refractivity contribution in [2.75, 3.05) is 6.54 Å². The normalized spacial score (nSPS) is 15.1. The number of carbonyl (C=O) groups is 2. The molecular weight excluding hydrogens is 244 g/mol. The molecule has 0 spiro atoms. The fourth-order valence-electron chi connectivity index (χ4n) is 1.96. The molecule has 19 heavy (non-hydrogen) atoms. The summed E-state index contributed by atoms with van der Waals surface area (Å²) >= 11 is 0. The van der Waals surface area contributed by atoms with Gasteiger partial charge in [-0.05, 0) is 17.8 Å². The van der Waals surface area contributed by atoms with Gasteiger partial charge in [0.1, 0.15) is 0 Å². The number of amides is 1. The van der Waals surface area contributed by atoms with Gasteiger partial charge in [0, 0.05) is 12.6 Å². The van der Waals surface area contributed by atoms with Gasteiger partial charge in [0.25, 0.3) is 0 Å². The predicted molar refractivity (Wildman–Crippen MR) is 75.6 cm³/mol. The molecule has 0 bridgehead atoms. The third kappa shape index (κ3) is 7.82. The summed E-state index contributed by atoms with van der Waals surface area (Å²) in [6, 6.07) is -0.348. The molecule has 0 radical (unpaired) electrons. The molecule has 0 saturated heterocycles. The van der Waals surface area contributed by atoms with Gasteiger partial charge in [0.2, 0.25) is 5.91 Å². The van der Waals surface area contributed by atoms with Crippen LogP contribution in [-0.2, 0) is 9.59 Å². The Hall–Kier alpha value is -1.10. The maximum atomic E-state index is 12.2. The van der Waals surface area contributed by atoms with Gasteiger partial charge in [0.15, 0.2) is 0 Å². The summed E-state index contributed by atoms with van der Waals surface area (Å²) in [5, 5.41) is 11.7. The zero-order chi connectivity index (χ0) is 15.2. The van der Waals surface area contributed by atoms with E-state index in [1.54, 1.807) is 0 Å². The van der Waals surface area contributed by atoms with Gasteiger partial charge < -0.3 is 16.2 Å². The number of nitrogens with two attached hydrogens (primary N) is 1. The molecule has 0 saturated carbocycles. The second kappa shape index (κ2) is 7.48. The van der Waals surface area contributed by atoms with Crippen LogP contribution in [0.3, 0.4) is 0 Å². The van der Waals surface area contributed by atoms with Crippen LogP contribution >= 0.6 is 0 Å². The lowest BCUT2D eigenvalue weighted by Crippen LogP contribution is -2.45. The van der Waals surface area contributed by atoms with E-state index in [-0.39, 0.29) is 42.2 Å². The second-order valence-corrected chi connectivity index (χ2v) is 6.65. The summed E-state index contributed by atoms with van der Waals surface area (Å²) in [6.07, 6.45) is 0.628. The van der Waals surface area contributed by atoms with Crippen molar-refractivity contribution in [1.82, 2.24) is 5.32 Å². The SMILES string of the molecule is CC(C)C(CC(=O)O)NC(=O)C(CN)CC(C)(C)C. The maximum Gasteiger partial charge on any atom is 0.305 e. The fraction of sp³-hybridized carbons (Fsp3) is 0.857. The molecular formula is C14H28N2O3. The van der Waals surface area contributed by atoms with Crippen molar-refractivity contribution < 1.29 is 14.7 Å². The smallest absolute Gasteiger partial charge is 0.305 e. The molecule has 112 valence electrons. The van der Waals surface area contributed by atoms with Gasteiger partial charge in [-0.3, -0.25) is 9.59 Å². The molecule has 4 N–H and O–H groups in total. The monoisotopic (exact) mass is 272 g/mol. The van der Waals surface area contributed by atoms with Crippen molar-refractivity contribution in [3.8, 4) is 0 Å². The molecule has 5 heteroatoms. The molecule has 5 nitrogen and oxygen atoms in total. The summed E-state index contributed by atoms with van der Waals surface area (Å²) in [6.45, 7) is 10.2. The Bertz CT molecular complexity index is 308. The number of carboxylic acids is 1. The lowest BCUT2D eigenvalue weighted by Gasteiger charge is -2.27. The van der Waals surface area contributed by atoms with E-state index in [1.165, 1.54) is 0 Å². The van der Waals surface area contributed by atoms with Crippen LogP contribution in [0.4, 0.5) is 0 Å². The average Bonchev–Trinajstić information content (AvgIpc) is 2.22. The number of hydrogen-bond donors (Lipinski definition) is 3. The third-order valence-electron chi connectivity index (χ3n) is 3.04. The first kappa shape index (κ1) is 17.9. The summed E-state index contributed by atoms with van der Waals surface area (Å²) in [4.78, 5) is 23.0. The first-order valence-electron chi connectivity index (χ1n) is 6.79. The first-order valence-corrected chi connectivity index (χ1v) is 6.79. The Morgan fingerprint density at radius 2 is 1.79 bits per heavy atom. The van der Waals surface area contributed by atoms with Crippen LogP contribution in [0.15, 0.2) is 0 Å². The molecule has 0 rings (SSSR count). The molecule has 0 heterocycles. The largest absolute Gasteiger partial charge is 0.481 e. The molecule has 0 aliphatic rings. The Morgan fingerprint density at radius 1 is 1.26 bits per heavy atom. The maximum absolute atomic E-state index is 12.2. The highest BCUT2D eigenvalue weighted by Gasteiger charge is 2.27. The van der Waals surface area contributed by atoms with Crippen molar-refractivity contribution in [2.45, 2.75) is 53.5 Å². The van der Waals surface area contributed by atoms with E-state index in [2.05, 4.69) is 26.1 Å². The van der Waals surface area contributed by atoms with Gasteiger partial charge >= 0.3 is 5.97 Å². The summed E-state index contributed by atoms with van der Waals surface area (Å²) in [5.74, 6) is -1.24. The van der Waals surface area contributed by atoms with Crippen LogP contribution in [0.1, 0.15) is 47.5 Å². The topological polar surface area (TPSA) is 92.4 Å². The number of carboxylic acid groups (broad SMARTS) is 1. The molecule has 0 aromatic carbocycles. The predicted octanol–water partition coefficient (Wildman–Crippen LogP) is 1.61. The van der Waals surface area contributed by atoms with Crippen molar-refractivity contribution in [3.05, 3.63) is 0 Å². The Balaban J connectivity index is 4.64. The number of aliphatic carboxylic acids is 1. The first-order chi connectivity index (χ1) is 8.56. The van der Waals surface area contributed by atoms with Gasteiger partial charge in [-0.25, -0.2) is 0 Å². The highest BCUT2D eigenvalue weighted by molar-refractivity contribution is 5.80. The molecule has 2 atom stereocenters. The minimum Gasteiger partial charge on any atom is -0.481 e. The van der Waals surface area contributed by atoms with Gasteiger partial charge in [0.05, 0.1) is 12.3 Å². The molecule has 0 aromatic heterocycles. The molecule has 0 aromatic rings. The number of hydrogen-bond acceptors (Lipinski definition) is 3. The standard InChI is InChI=1S/C14H28N2O3/c1-9(2)11(6-12(17)18)16-13(19)10(8-15)7-14(3,4)5/h9-11H,6-8,15H2,1-5H3,(H,16,19)(H,17,18). The molecule has 0 aliphatic heterocycles. The molecule has 1 amide bonds. The second-order valence-electron chi connectivity index (χ2n) is 6.65. The van der Waals surface area contributed by atoms with Crippen molar-refractivity contribution in [1.29, 1.82) is 0 Å². The number of carbonyl (C=O) groups excluding carboxylic acids is 1. The van der Waals surface area contributed by atoms with Crippen LogP contribution < -0.4 is 11.1 Å². The van der Waals surface area contributed by atoms with Crippen molar-refractivity contribution in [3.63, 3.8) is 0 Å². The van der Waals surface area contributed by atoms with E-state index in [1.807, 2.05) is 13.8 Å². The van der Waals surface area contributed by atoms with Gasteiger partial charge in [-0.15, -0.1) is 0 Å². The third-order valence-corrected chi connectivity index (χ3v) is 3.04. The Labute approximate surface area is 115 Å². The van der Waals surface area contributed by atoms with Crippen molar-refractivity contribution >= 4 is 11.9 Å². The minimum atomic E-state index is -0.904. The molecule has 0 fully saturated rings. The highest BCUT2D eigenvalue weighted by atomic mass is 16.4. The summed E-state index contributed by atoms with van der Waals surface area (Å²) in [7, 11) is 0. The highest BCUT2D eigenvalue weighted by Crippen LogP contribution is 2.24. The Morgan fingerprint density at radius 3 is 2.11 bits per heavy atom. The fourth-order valence-corrected chi connectivity index (χ4v) is 1.96. The molecule has 2 unspecified atom stereocenters. The van der Waals surface area contributed by atoms with Crippen LogP contribution in [0.5, 0.6) is 0 Å². The van der Waals surface area contributed by atoms with E-state index >= 15 is 0 Å². The van der Waals surface area contributed by atoms with E-state index in [9.17, 15) is 9.59 Å². The van der Waals surface area contributed by atoms with E-state index < -0.39 is 5.97 Å². The van der Waals surface area contributed by atoms with Crippen LogP contribution in [0.2, 0.25) is 0 Å². The van der Waals surface area contributed by atoms with Gasteiger partial charge in [-0.2, -0.15) is 0 Å². The van der Waals surface area contributed by atoms with Crippen LogP contribution in [0, 0.1) is 17.3 Å². The Kier molecular flexibility index (Phi) is 7.05. The lowest BCUT2D eigenvalue weighted by molar-refractivity contribution is -0.138. The van der Waals surface area contributed by atoms with E-state index in [4.69, 9.17) is 10.8 Å². The number of rotatable bonds is 7. The zero-order valence-corrected chi connectivity index (χ0v) is 12.7.